The Labute approximate surface area is 192 Å². The second-order valence-electron chi connectivity index (χ2n) is 7.61. The van der Waals surface area contributed by atoms with Gasteiger partial charge in [0.15, 0.2) is 0 Å². The zero-order chi connectivity index (χ0) is 23.7. The summed E-state index contributed by atoms with van der Waals surface area (Å²) in [5.74, 6) is -0.947. The Bertz CT molecular complexity index is 1160. The number of carbonyl (C=O) groups excluding carboxylic acids is 3. The van der Waals surface area contributed by atoms with Crippen LogP contribution in [-0.4, -0.2) is 44.8 Å². The van der Waals surface area contributed by atoms with E-state index in [9.17, 15) is 24.5 Å². The van der Waals surface area contributed by atoms with Crippen molar-refractivity contribution in [2.24, 2.45) is 0 Å². The van der Waals surface area contributed by atoms with E-state index in [-0.39, 0.29) is 18.0 Å². The Hall–Kier alpha value is -3.86. The van der Waals surface area contributed by atoms with Gasteiger partial charge in [0.05, 0.1) is 4.92 Å². The normalized spacial score (nSPS) is 19.4. The number of β-lactam (4-membered cyclic amide) rings is 1. The summed E-state index contributed by atoms with van der Waals surface area (Å²) in [4.78, 5) is 49.7. The predicted molar refractivity (Wildman–Crippen MR) is 121 cm³/mol. The fraction of sp³-hybridized carbons (Fsp3) is 0.227. The average molecular weight is 468 g/mol. The predicted octanol–water partition coefficient (Wildman–Crippen LogP) is 2.21. The highest BCUT2D eigenvalue weighted by Gasteiger charge is 2.54. The van der Waals surface area contributed by atoms with Crippen LogP contribution >= 0.6 is 11.8 Å². The average Bonchev–Trinajstić information content (AvgIpc) is 2.81. The van der Waals surface area contributed by atoms with Gasteiger partial charge in [0.25, 0.3) is 17.5 Å². The summed E-state index contributed by atoms with van der Waals surface area (Å²) >= 11 is 1.45. The number of hydrogen-bond donors (Lipinski definition) is 2. The van der Waals surface area contributed by atoms with Crippen molar-refractivity contribution in [3.8, 4) is 0 Å². The minimum Gasteiger partial charge on any atom is -0.456 e. The molecule has 2 aliphatic heterocycles. The molecule has 0 bridgehead atoms. The first-order valence-corrected chi connectivity index (χ1v) is 11.0. The SMILES string of the molecule is CC1=C(C(=O)OCc2ccc([N+](=O)[O-])cc2)N2C(=O)C(NC(=O)c3ccc(N)cc3)[C@H]2SC1. The van der Waals surface area contributed by atoms with Gasteiger partial charge in [-0.2, -0.15) is 0 Å². The van der Waals surface area contributed by atoms with Crippen LogP contribution in [0.2, 0.25) is 0 Å². The highest BCUT2D eigenvalue weighted by atomic mass is 32.2. The van der Waals surface area contributed by atoms with Crippen LogP contribution in [0.3, 0.4) is 0 Å². The molecule has 2 aromatic rings. The molecule has 0 spiro atoms. The second kappa shape index (κ2) is 8.94. The van der Waals surface area contributed by atoms with Gasteiger partial charge in [-0.1, -0.05) is 0 Å². The lowest BCUT2D eigenvalue weighted by Gasteiger charge is -2.49. The molecule has 1 saturated heterocycles. The summed E-state index contributed by atoms with van der Waals surface area (Å²) in [6.07, 6.45) is 0. The number of thioether (sulfide) groups is 1. The first kappa shape index (κ1) is 22.3. The van der Waals surface area contributed by atoms with E-state index in [1.165, 1.54) is 40.9 Å². The van der Waals surface area contributed by atoms with Crippen LogP contribution < -0.4 is 11.1 Å². The van der Waals surface area contributed by atoms with Crippen molar-refractivity contribution in [3.63, 3.8) is 0 Å². The first-order valence-electron chi connectivity index (χ1n) is 9.97. The highest BCUT2D eigenvalue weighted by Crippen LogP contribution is 2.40. The van der Waals surface area contributed by atoms with Gasteiger partial charge in [0.2, 0.25) is 0 Å². The fourth-order valence-corrected chi connectivity index (χ4v) is 4.85. The lowest BCUT2D eigenvalue weighted by molar-refractivity contribution is -0.384. The number of benzene rings is 2. The van der Waals surface area contributed by atoms with Crippen molar-refractivity contribution in [1.82, 2.24) is 10.2 Å². The molecule has 11 heteroatoms. The number of ether oxygens (including phenoxy) is 1. The van der Waals surface area contributed by atoms with Crippen LogP contribution in [0.15, 0.2) is 59.8 Å². The van der Waals surface area contributed by atoms with Crippen LogP contribution in [0.5, 0.6) is 0 Å². The third-order valence-electron chi connectivity index (χ3n) is 5.33. The quantitative estimate of drug-likeness (QED) is 0.216. The summed E-state index contributed by atoms with van der Waals surface area (Å²) in [5, 5.41) is 13.1. The van der Waals surface area contributed by atoms with Crippen molar-refractivity contribution < 1.29 is 24.0 Å². The lowest BCUT2D eigenvalue weighted by atomic mass is 10.0. The highest BCUT2D eigenvalue weighted by molar-refractivity contribution is 8.00. The number of nitro benzene ring substituents is 1. The van der Waals surface area contributed by atoms with Crippen LogP contribution in [-0.2, 0) is 20.9 Å². The molecule has 2 amide bonds. The molecule has 2 atom stereocenters. The van der Waals surface area contributed by atoms with Crippen molar-refractivity contribution in [2.75, 3.05) is 11.5 Å². The van der Waals surface area contributed by atoms with E-state index in [1.807, 2.05) is 0 Å². The van der Waals surface area contributed by atoms with Crippen LogP contribution in [0.1, 0.15) is 22.8 Å². The molecule has 2 heterocycles. The van der Waals surface area contributed by atoms with E-state index in [1.54, 1.807) is 31.2 Å². The summed E-state index contributed by atoms with van der Waals surface area (Å²) in [6, 6.07) is 11.3. The van der Waals surface area contributed by atoms with Crippen molar-refractivity contribution in [2.45, 2.75) is 24.9 Å². The monoisotopic (exact) mass is 468 g/mol. The molecule has 33 heavy (non-hydrogen) atoms. The minimum absolute atomic E-state index is 0.0611. The van der Waals surface area contributed by atoms with Gasteiger partial charge in [0, 0.05) is 29.1 Å². The molecule has 170 valence electrons. The van der Waals surface area contributed by atoms with E-state index in [4.69, 9.17) is 10.5 Å². The molecule has 0 aromatic heterocycles. The number of fused-ring (bicyclic) bond motifs is 1. The number of rotatable bonds is 6. The van der Waals surface area contributed by atoms with Gasteiger partial charge in [-0.25, -0.2) is 4.79 Å². The number of hydrogen-bond acceptors (Lipinski definition) is 8. The van der Waals surface area contributed by atoms with Gasteiger partial charge in [-0.3, -0.25) is 24.6 Å². The van der Waals surface area contributed by atoms with Crippen LogP contribution in [0.25, 0.3) is 0 Å². The van der Waals surface area contributed by atoms with Gasteiger partial charge >= 0.3 is 5.97 Å². The minimum atomic E-state index is -0.759. The molecule has 4 rings (SSSR count). The molecule has 2 aromatic carbocycles. The zero-order valence-electron chi connectivity index (χ0n) is 17.5. The van der Waals surface area contributed by atoms with E-state index in [0.717, 1.165) is 0 Å². The molecule has 0 radical (unpaired) electrons. The Kier molecular flexibility index (Phi) is 6.05. The van der Waals surface area contributed by atoms with Gasteiger partial charge < -0.3 is 15.8 Å². The second-order valence-corrected chi connectivity index (χ2v) is 8.72. The molecule has 1 unspecified atom stereocenters. The van der Waals surface area contributed by atoms with E-state index < -0.39 is 34.1 Å². The molecule has 3 N–H and O–H groups in total. The summed E-state index contributed by atoms with van der Waals surface area (Å²) < 4.78 is 5.37. The molecule has 0 aliphatic carbocycles. The van der Waals surface area contributed by atoms with Crippen molar-refractivity contribution >= 4 is 40.9 Å². The number of nitrogens with one attached hydrogen (secondary N) is 1. The standard InChI is InChI=1S/C22H20N4O6S/c1-12-11-33-21-17(24-19(27)14-4-6-15(23)7-5-14)20(28)25(21)18(12)22(29)32-10-13-2-8-16(9-3-13)26(30)31/h2-9,17,21H,10-11,23H2,1H3,(H,24,27)/t17?,21-/m1/s1. The third kappa shape index (κ3) is 4.40. The first-order chi connectivity index (χ1) is 15.8. The molecular weight excluding hydrogens is 448 g/mol. The Morgan fingerprint density at radius 3 is 2.52 bits per heavy atom. The van der Waals surface area contributed by atoms with Crippen LogP contribution in [0.4, 0.5) is 11.4 Å². The Morgan fingerprint density at radius 2 is 1.88 bits per heavy atom. The third-order valence-corrected chi connectivity index (χ3v) is 6.75. The molecule has 1 fully saturated rings. The summed E-state index contributed by atoms with van der Waals surface area (Å²) in [7, 11) is 0. The summed E-state index contributed by atoms with van der Waals surface area (Å²) in [5.41, 5.74) is 7.93. The number of amides is 2. The Balaban J connectivity index is 1.41. The maximum absolute atomic E-state index is 12.8. The number of non-ortho nitro benzene ring substituents is 1. The number of nitrogen functional groups attached to an aromatic ring is 1. The number of anilines is 1. The van der Waals surface area contributed by atoms with Crippen LogP contribution in [0, 0.1) is 10.1 Å². The molecule has 2 aliphatic rings. The van der Waals surface area contributed by atoms with Gasteiger partial charge in [-0.15, -0.1) is 11.8 Å². The number of nitrogens with zero attached hydrogens (tertiary/aromatic N) is 2. The van der Waals surface area contributed by atoms with Crippen molar-refractivity contribution in [3.05, 3.63) is 81.0 Å². The molecular formula is C22H20N4O6S. The largest absolute Gasteiger partial charge is 0.456 e. The molecule has 0 saturated carbocycles. The smallest absolute Gasteiger partial charge is 0.355 e. The summed E-state index contributed by atoms with van der Waals surface area (Å²) in [6.45, 7) is 1.66. The lowest BCUT2D eigenvalue weighted by Crippen LogP contribution is -2.70. The maximum Gasteiger partial charge on any atom is 0.355 e. The maximum atomic E-state index is 12.8. The topological polar surface area (TPSA) is 145 Å². The van der Waals surface area contributed by atoms with E-state index >= 15 is 0 Å². The van der Waals surface area contributed by atoms with Gasteiger partial charge in [-0.05, 0) is 54.5 Å². The van der Waals surface area contributed by atoms with E-state index in [2.05, 4.69) is 5.32 Å². The Morgan fingerprint density at radius 1 is 1.21 bits per heavy atom. The van der Waals surface area contributed by atoms with E-state index in [0.29, 0.717) is 28.1 Å². The fourth-order valence-electron chi connectivity index (χ4n) is 3.55. The van der Waals surface area contributed by atoms with Gasteiger partial charge in [0.1, 0.15) is 23.7 Å². The zero-order valence-corrected chi connectivity index (χ0v) is 18.3. The van der Waals surface area contributed by atoms with Crippen molar-refractivity contribution in [1.29, 1.82) is 0 Å². The number of nitrogens with two attached hydrogens (primary N) is 1. The number of esters is 1. The molecule has 10 nitrogen and oxygen atoms in total. The number of nitro groups is 1. The number of carbonyl (C=O) groups is 3.